The Morgan fingerprint density at radius 3 is 1.40 bits per heavy atom. The standard InChI is InChI=1S/C24H52NO4P/c1-3-5-7-9-11-12-13-14-15-16-17-18-20-22-24-28-30(26,27)29-25-23-21-19-10-8-6-4-2/h25H,3-24H2,1-2H3,(H,26,27). The first-order chi connectivity index (χ1) is 14.6. The van der Waals surface area contributed by atoms with Gasteiger partial charge in [0.05, 0.1) is 6.61 Å². The summed E-state index contributed by atoms with van der Waals surface area (Å²) in [6, 6.07) is 0. The third-order valence-electron chi connectivity index (χ3n) is 5.56. The topological polar surface area (TPSA) is 67.8 Å². The molecule has 0 amide bonds. The van der Waals surface area contributed by atoms with Crippen molar-refractivity contribution in [3.63, 3.8) is 0 Å². The minimum absolute atomic E-state index is 0.282. The molecule has 0 aromatic heterocycles. The van der Waals surface area contributed by atoms with Gasteiger partial charge in [-0.25, -0.2) is 4.57 Å². The number of hydroxylamine groups is 1. The molecule has 0 aliphatic carbocycles. The van der Waals surface area contributed by atoms with E-state index >= 15 is 0 Å². The van der Waals surface area contributed by atoms with Crippen molar-refractivity contribution in [2.24, 2.45) is 0 Å². The van der Waals surface area contributed by atoms with Gasteiger partial charge in [-0.3, -0.25) is 4.52 Å². The summed E-state index contributed by atoms with van der Waals surface area (Å²) >= 11 is 0. The number of hydrogen-bond acceptors (Lipinski definition) is 4. The lowest BCUT2D eigenvalue weighted by atomic mass is 10.0. The number of phosphoric ester groups is 1. The van der Waals surface area contributed by atoms with Crippen LogP contribution in [0.4, 0.5) is 0 Å². The van der Waals surface area contributed by atoms with Crippen LogP contribution in [0.1, 0.15) is 142 Å². The van der Waals surface area contributed by atoms with Gasteiger partial charge in [-0.15, -0.1) is 0 Å². The molecule has 1 unspecified atom stereocenters. The fourth-order valence-electron chi connectivity index (χ4n) is 3.61. The fourth-order valence-corrected chi connectivity index (χ4v) is 4.27. The highest BCUT2D eigenvalue weighted by atomic mass is 31.2. The molecule has 182 valence electrons. The van der Waals surface area contributed by atoms with Gasteiger partial charge in [0, 0.05) is 6.54 Å². The normalized spacial score (nSPS) is 13.6. The molecule has 0 rings (SSSR count). The summed E-state index contributed by atoms with van der Waals surface area (Å²) in [4.78, 5) is 9.64. The van der Waals surface area contributed by atoms with E-state index in [0.717, 1.165) is 25.7 Å². The first-order valence-electron chi connectivity index (χ1n) is 13.0. The number of rotatable bonds is 25. The maximum atomic E-state index is 11.8. The molecule has 2 N–H and O–H groups in total. The zero-order chi connectivity index (χ0) is 22.2. The summed E-state index contributed by atoms with van der Waals surface area (Å²) in [5, 5.41) is 0. The Kier molecular flexibility index (Phi) is 23.8. The number of phosphoric acid groups is 1. The van der Waals surface area contributed by atoms with Crippen LogP contribution in [0.25, 0.3) is 0 Å². The van der Waals surface area contributed by atoms with Crippen LogP contribution in [-0.2, 0) is 13.7 Å². The van der Waals surface area contributed by atoms with Gasteiger partial charge in [0.2, 0.25) is 0 Å². The molecule has 0 fully saturated rings. The van der Waals surface area contributed by atoms with Crippen molar-refractivity contribution in [3.8, 4) is 0 Å². The maximum absolute atomic E-state index is 11.8. The molecule has 0 aliphatic rings. The van der Waals surface area contributed by atoms with Gasteiger partial charge >= 0.3 is 7.82 Å². The van der Waals surface area contributed by atoms with Gasteiger partial charge in [0.1, 0.15) is 0 Å². The molecule has 0 saturated carbocycles. The minimum atomic E-state index is -3.96. The maximum Gasteiger partial charge on any atom is 0.488 e. The Labute approximate surface area is 187 Å². The molecule has 5 nitrogen and oxygen atoms in total. The summed E-state index contributed by atoms with van der Waals surface area (Å²) in [5.74, 6) is 0. The highest BCUT2D eigenvalue weighted by Gasteiger charge is 2.20. The van der Waals surface area contributed by atoms with Crippen LogP contribution in [0.15, 0.2) is 0 Å². The van der Waals surface area contributed by atoms with Crippen molar-refractivity contribution >= 4 is 7.82 Å². The molecule has 1 atom stereocenters. The molecule has 0 radical (unpaired) electrons. The van der Waals surface area contributed by atoms with Gasteiger partial charge in [-0.2, -0.15) is 10.1 Å². The predicted octanol–water partition coefficient (Wildman–Crippen LogP) is 8.47. The monoisotopic (exact) mass is 449 g/mol. The Bertz CT molecular complexity index is 382. The smallest absolute Gasteiger partial charge is 0.301 e. The second kappa shape index (κ2) is 23.7. The SMILES string of the molecule is CCCCCCCCCCCCCCCCOP(=O)(O)ONCCCCCCCC. The van der Waals surface area contributed by atoms with E-state index in [0.29, 0.717) is 6.54 Å². The number of unbranched alkanes of at least 4 members (excludes halogenated alkanes) is 18. The van der Waals surface area contributed by atoms with Crippen molar-refractivity contribution in [1.29, 1.82) is 0 Å². The molecular formula is C24H52NO4P. The Hall–Kier alpha value is 0.0700. The van der Waals surface area contributed by atoms with Crippen LogP contribution in [0.3, 0.4) is 0 Å². The first-order valence-corrected chi connectivity index (χ1v) is 14.5. The second-order valence-corrected chi connectivity index (χ2v) is 10.0. The molecule has 0 aromatic rings. The lowest BCUT2D eigenvalue weighted by Crippen LogP contribution is -2.15. The summed E-state index contributed by atoms with van der Waals surface area (Å²) in [5.41, 5.74) is 2.58. The van der Waals surface area contributed by atoms with Crippen LogP contribution in [0.5, 0.6) is 0 Å². The van der Waals surface area contributed by atoms with E-state index in [9.17, 15) is 9.46 Å². The summed E-state index contributed by atoms with van der Waals surface area (Å²) in [7, 11) is -3.96. The summed E-state index contributed by atoms with van der Waals surface area (Å²) in [6.45, 7) is 5.33. The molecular weight excluding hydrogens is 397 g/mol. The van der Waals surface area contributed by atoms with E-state index in [2.05, 4.69) is 19.3 Å². The molecule has 0 bridgehead atoms. The second-order valence-electron chi connectivity index (χ2n) is 8.65. The third kappa shape index (κ3) is 24.3. The van der Waals surface area contributed by atoms with E-state index in [1.54, 1.807) is 0 Å². The average molecular weight is 450 g/mol. The summed E-state index contributed by atoms with van der Waals surface area (Å²) < 4.78 is 21.6. The predicted molar refractivity (Wildman–Crippen MR) is 129 cm³/mol. The van der Waals surface area contributed by atoms with E-state index in [1.807, 2.05) is 0 Å². The third-order valence-corrected chi connectivity index (χ3v) is 6.43. The van der Waals surface area contributed by atoms with Crippen molar-refractivity contribution in [1.82, 2.24) is 5.48 Å². The van der Waals surface area contributed by atoms with Crippen molar-refractivity contribution in [2.75, 3.05) is 13.2 Å². The molecule has 6 heteroatoms. The van der Waals surface area contributed by atoms with Crippen LogP contribution in [0, 0.1) is 0 Å². The zero-order valence-electron chi connectivity index (χ0n) is 20.2. The summed E-state index contributed by atoms with van der Waals surface area (Å²) in [6.07, 6.45) is 25.1. The largest absolute Gasteiger partial charge is 0.488 e. The Balaban J connectivity index is 3.27. The highest BCUT2D eigenvalue weighted by molar-refractivity contribution is 7.47. The van der Waals surface area contributed by atoms with E-state index in [1.165, 1.54) is 103 Å². The van der Waals surface area contributed by atoms with Crippen LogP contribution < -0.4 is 5.48 Å². The minimum Gasteiger partial charge on any atom is -0.301 e. The lowest BCUT2D eigenvalue weighted by Gasteiger charge is -2.12. The number of nitrogens with one attached hydrogen (secondary N) is 1. The van der Waals surface area contributed by atoms with E-state index in [4.69, 9.17) is 9.15 Å². The fraction of sp³-hybridized carbons (Fsp3) is 1.00. The zero-order valence-corrected chi connectivity index (χ0v) is 21.1. The van der Waals surface area contributed by atoms with Crippen molar-refractivity contribution in [3.05, 3.63) is 0 Å². The van der Waals surface area contributed by atoms with Gasteiger partial charge < -0.3 is 4.89 Å². The van der Waals surface area contributed by atoms with Gasteiger partial charge in [0.15, 0.2) is 0 Å². The average Bonchev–Trinajstić information content (AvgIpc) is 2.72. The quantitative estimate of drug-likeness (QED) is 0.0831. The van der Waals surface area contributed by atoms with Crippen LogP contribution in [0.2, 0.25) is 0 Å². The van der Waals surface area contributed by atoms with Gasteiger partial charge in [-0.05, 0) is 12.8 Å². The van der Waals surface area contributed by atoms with Crippen LogP contribution >= 0.6 is 7.82 Å². The van der Waals surface area contributed by atoms with E-state index < -0.39 is 7.82 Å². The molecule has 0 saturated heterocycles. The Morgan fingerprint density at radius 2 is 0.967 bits per heavy atom. The molecule has 30 heavy (non-hydrogen) atoms. The highest BCUT2D eigenvalue weighted by Crippen LogP contribution is 2.42. The molecule has 0 aromatic carbocycles. The van der Waals surface area contributed by atoms with Crippen molar-refractivity contribution < 1.29 is 18.6 Å². The lowest BCUT2D eigenvalue weighted by molar-refractivity contribution is 0.0947. The van der Waals surface area contributed by atoms with Gasteiger partial charge in [0.25, 0.3) is 0 Å². The molecule has 0 heterocycles. The molecule has 0 spiro atoms. The molecule has 0 aliphatic heterocycles. The first kappa shape index (κ1) is 30.1. The van der Waals surface area contributed by atoms with Crippen LogP contribution in [-0.4, -0.2) is 18.0 Å². The van der Waals surface area contributed by atoms with E-state index in [-0.39, 0.29) is 6.61 Å². The van der Waals surface area contributed by atoms with Crippen molar-refractivity contribution in [2.45, 2.75) is 142 Å². The van der Waals surface area contributed by atoms with Gasteiger partial charge in [-0.1, -0.05) is 129 Å². The Morgan fingerprint density at radius 1 is 0.600 bits per heavy atom. The number of hydrogen-bond donors (Lipinski definition) is 2.